The van der Waals surface area contributed by atoms with Crippen molar-refractivity contribution in [3.05, 3.63) is 64.7 Å². The summed E-state index contributed by atoms with van der Waals surface area (Å²) in [6, 6.07) is 18.4. The van der Waals surface area contributed by atoms with Crippen LogP contribution in [-0.2, 0) is 12.0 Å². The Morgan fingerprint density at radius 3 is 2.76 bits per heavy atom. The van der Waals surface area contributed by atoms with E-state index in [1.165, 1.54) is 5.56 Å². The Kier molecular flexibility index (Phi) is 3.86. The number of anilines is 1. The van der Waals surface area contributed by atoms with Gasteiger partial charge in [0.1, 0.15) is 0 Å². The Bertz CT molecular complexity index is 690. The van der Waals surface area contributed by atoms with Crippen LogP contribution < -0.4 is 5.32 Å². The maximum Gasteiger partial charge on any atom is 0.151 e. The molecule has 1 aliphatic rings. The van der Waals surface area contributed by atoms with Crippen LogP contribution in [-0.4, -0.2) is 0 Å². The molecule has 0 saturated carbocycles. The molecule has 0 fully saturated rings. The molecule has 1 atom stereocenters. The van der Waals surface area contributed by atoms with E-state index >= 15 is 0 Å². The van der Waals surface area contributed by atoms with E-state index in [1.807, 2.05) is 36.4 Å². The summed E-state index contributed by atoms with van der Waals surface area (Å²) >= 11 is 6.06. The van der Waals surface area contributed by atoms with Gasteiger partial charge in [0.2, 0.25) is 0 Å². The number of fused-ring (bicyclic) bond motifs is 1. The zero-order chi connectivity index (χ0) is 14.7. The molecule has 0 bridgehead atoms. The molecule has 3 rings (SSSR count). The number of halogens is 1. The molecule has 1 aliphatic carbocycles. The third-order valence-corrected chi connectivity index (χ3v) is 4.33. The van der Waals surface area contributed by atoms with E-state index < -0.39 is 5.54 Å². The standard InChI is InChI=1S/C18H17ClN2/c19-15-8-5-9-16(12-15)21-18(13-20)11-4-3-7-14-6-1-2-10-17(14)18/h1-2,5-6,8-10,12,21H,3-4,7,11H2. The molecule has 106 valence electrons. The lowest BCUT2D eigenvalue weighted by Crippen LogP contribution is -2.34. The van der Waals surface area contributed by atoms with Crippen LogP contribution in [0.25, 0.3) is 0 Å². The quantitative estimate of drug-likeness (QED) is 0.800. The Balaban J connectivity index is 2.05. The van der Waals surface area contributed by atoms with E-state index in [-0.39, 0.29) is 0 Å². The molecule has 21 heavy (non-hydrogen) atoms. The van der Waals surface area contributed by atoms with E-state index in [4.69, 9.17) is 11.6 Å². The highest BCUT2D eigenvalue weighted by molar-refractivity contribution is 6.30. The maximum atomic E-state index is 9.90. The van der Waals surface area contributed by atoms with Gasteiger partial charge in [-0.1, -0.05) is 41.9 Å². The molecule has 2 aromatic carbocycles. The number of benzene rings is 2. The van der Waals surface area contributed by atoms with Crippen molar-refractivity contribution in [2.24, 2.45) is 0 Å². The predicted molar refractivity (Wildman–Crippen MR) is 86.4 cm³/mol. The van der Waals surface area contributed by atoms with Crippen molar-refractivity contribution in [2.45, 2.75) is 31.2 Å². The Labute approximate surface area is 130 Å². The van der Waals surface area contributed by atoms with Gasteiger partial charge in [-0.3, -0.25) is 0 Å². The lowest BCUT2D eigenvalue weighted by atomic mass is 9.85. The molecule has 0 radical (unpaired) electrons. The summed E-state index contributed by atoms with van der Waals surface area (Å²) in [4.78, 5) is 0. The van der Waals surface area contributed by atoms with Crippen molar-refractivity contribution in [3.8, 4) is 6.07 Å². The Morgan fingerprint density at radius 1 is 1.10 bits per heavy atom. The summed E-state index contributed by atoms with van der Waals surface area (Å²) < 4.78 is 0. The highest BCUT2D eigenvalue weighted by atomic mass is 35.5. The number of aryl methyl sites for hydroxylation is 1. The topological polar surface area (TPSA) is 35.8 Å². The molecule has 3 heteroatoms. The van der Waals surface area contributed by atoms with Crippen LogP contribution in [0.4, 0.5) is 5.69 Å². The molecule has 1 unspecified atom stereocenters. The number of nitrogens with one attached hydrogen (secondary N) is 1. The first kappa shape index (κ1) is 14.0. The summed E-state index contributed by atoms with van der Waals surface area (Å²) in [5.74, 6) is 0. The Morgan fingerprint density at radius 2 is 1.95 bits per heavy atom. The highest BCUT2D eigenvalue weighted by Gasteiger charge is 2.35. The van der Waals surface area contributed by atoms with Crippen molar-refractivity contribution in [1.29, 1.82) is 5.26 Å². The fraction of sp³-hybridized carbons (Fsp3) is 0.278. The molecule has 0 spiro atoms. The van der Waals surface area contributed by atoms with Gasteiger partial charge in [-0.25, -0.2) is 0 Å². The second kappa shape index (κ2) is 5.79. The summed E-state index contributed by atoms with van der Waals surface area (Å²) in [6.45, 7) is 0. The summed E-state index contributed by atoms with van der Waals surface area (Å²) in [6.07, 6.45) is 4.01. The van der Waals surface area contributed by atoms with Crippen molar-refractivity contribution in [1.82, 2.24) is 0 Å². The van der Waals surface area contributed by atoms with Crippen molar-refractivity contribution >= 4 is 17.3 Å². The van der Waals surface area contributed by atoms with E-state index in [0.29, 0.717) is 5.02 Å². The summed E-state index contributed by atoms with van der Waals surface area (Å²) in [5.41, 5.74) is 2.59. The second-order valence-electron chi connectivity index (χ2n) is 5.52. The van der Waals surface area contributed by atoms with E-state index in [9.17, 15) is 5.26 Å². The number of nitrogens with zero attached hydrogens (tertiary/aromatic N) is 1. The highest BCUT2D eigenvalue weighted by Crippen LogP contribution is 2.37. The van der Waals surface area contributed by atoms with Gasteiger partial charge in [0.25, 0.3) is 0 Å². The van der Waals surface area contributed by atoms with E-state index in [0.717, 1.165) is 36.9 Å². The van der Waals surface area contributed by atoms with Gasteiger partial charge >= 0.3 is 0 Å². The predicted octanol–water partition coefficient (Wildman–Crippen LogP) is 4.90. The van der Waals surface area contributed by atoms with E-state index in [2.05, 4.69) is 23.5 Å². The first-order valence-electron chi connectivity index (χ1n) is 7.27. The molecule has 0 amide bonds. The second-order valence-corrected chi connectivity index (χ2v) is 5.95. The first-order chi connectivity index (χ1) is 10.2. The van der Waals surface area contributed by atoms with Crippen LogP contribution in [0.5, 0.6) is 0 Å². The van der Waals surface area contributed by atoms with Gasteiger partial charge in [0, 0.05) is 10.7 Å². The molecular formula is C18H17ClN2. The number of hydrogen-bond acceptors (Lipinski definition) is 2. The summed E-state index contributed by atoms with van der Waals surface area (Å²) in [7, 11) is 0. The van der Waals surface area contributed by atoms with Crippen LogP contribution in [0.15, 0.2) is 48.5 Å². The number of hydrogen-bond donors (Lipinski definition) is 1. The third kappa shape index (κ3) is 2.75. The third-order valence-electron chi connectivity index (χ3n) is 4.10. The average Bonchev–Trinajstić information content (AvgIpc) is 2.68. The van der Waals surface area contributed by atoms with Gasteiger partial charge in [-0.15, -0.1) is 0 Å². The molecule has 2 aromatic rings. The molecule has 0 aliphatic heterocycles. The minimum atomic E-state index is -0.669. The minimum absolute atomic E-state index is 0.669. The SMILES string of the molecule is N#CC1(Nc2cccc(Cl)c2)CCCCc2ccccc21. The zero-order valence-corrected chi connectivity index (χ0v) is 12.5. The zero-order valence-electron chi connectivity index (χ0n) is 11.8. The molecule has 0 heterocycles. The van der Waals surface area contributed by atoms with Crippen LogP contribution >= 0.6 is 11.6 Å². The van der Waals surface area contributed by atoms with Gasteiger partial charge in [0.05, 0.1) is 6.07 Å². The maximum absolute atomic E-state index is 9.90. The van der Waals surface area contributed by atoms with Crippen LogP contribution in [0.1, 0.15) is 30.4 Å². The minimum Gasteiger partial charge on any atom is -0.364 e. The fourth-order valence-electron chi connectivity index (χ4n) is 3.08. The molecule has 1 N–H and O–H groups in total. The first-order valence-corrected chi connectivity index (χ1v) is 7.65. The average molecular weight is 297 g/mol. The van der Waals surface area contributed by atoms with Gasteiger partial charge in [-0.05, 0) is 55.0 Å². The van der Waals surface area contributed by atoms with Gasteiger partial charge in [0.15, 0.2) is 5.54 Å². The molecular weight excluding hydrogens is 280 g/mol. The van der Waals surface area contributed by atoms with Gasteiger partial charge in [-0.2, -0.15) is 5.26 Å². The smallest absolute Gasteiger partial charge is 0.151 e. The van der Waals surface area contributed by atoms with Crippen LogP contribution in [0.2, 0.25) is 5.02 Å². The van der Waals surface area contributed by atoms with Crippen molar-refractivity contribution < 1.29 is 0 Å². The molecule has 0 aromatic heterocycles. The number of nitriles is 1. The van der Waals surface area contributed by atoms with Crippen LogP contribution in [0.3, 0.4) is 0 Å². The van der Waals surface area contributed by atoms with Gasteiger partial charge < -0.3 is 5.32 Å². The van der Waals surface area contributed by atoms with Crippen molar-refractivity contribution in [3.63, 3.8) is 0 Å². The summed E-state index contributed by atoms with van der Waals surface area (Å²) in [5, 5.41) is 14.0. The lowest BCUT2D eigenvalue weighted by molar-refractivity contribution is 0.547. The van der Waals surface area contributed by atoms with Crippen LogP contribution in [0, 0.1) is 11.3 Å². The lowest BCUT2D eigenvalue weighted by Gasteiger charge is -2.30. The monoisotopic (exact) mass is 296 g/mol. The van der Waals surface area contributed by atoms with E-state index in [1.54, 1.807) is 0 Å². The molecule has 2 nitrogen and oxygen atoms in total. The normalized spacial score (nSPS) is 21.0. The number of rotatable bonds is 2. The van der Waals surface area contributed by atoms with Crippen molar-refractivity contribution in [2.75, 3.05) is 5.32 Å². The largest absolute Gasteiger partial charge is 0.364 e. The Hall–Kier alpha value is -1.98. The molecule has 0 saturated heterocycles. The fourth-order valence-corrected chi connectivity index (χ4v) is 3.27.